The van der Waals surface area contributed by atoms with Crippen molar-refractivity contribution in [3.8, 4) is 0 Å². The Morgan fingerprint density at radius 1 is 0.568 bits per heavy atom. The summed E-state index contributed by atoms with van der Waals surface area (Å²) in [6.07, 6.45) is 0. The van der Waals surface area contributed by atoms with Crippen LogP contribution in [-0.2, 0) is 71.3 Å². The van der Waals surface area contributed by atoms with Crippen LogP contribution >= 0.6 is 15.9 Å². The van der Waals surface area contributed by atoms with Crippen molar-refractivity contribution in [1.29, 1.82) is 0 Å². The standard InChI is InChI=1S/C20H25BO3.C14H15BO3.C13H18BBrO2.C7H8O.C2H4O2.CH3F.IO4.H3N.2Na.H/c1-19(2)20(3,4)24-21(23-19)18-12-10-17(11-13-18)15-22-14-16-8-6-5-7-9-16;16-15(17)14-8-6-13(7-9-14)11-18-10-12-4-2-1-3-5-12;1-12(2)13(3,4)17-14(16-12)11-7-5-10(9-15)6-8-11;8-6-7-4-2-1-3-5-7;1-2(3)4;1-2;2-1(3,4)5;;;;/h5-13H,14-15H2,1-4H3;1-9,16-17H,10-11H2;5-8H,9H2,1-4H3;1-5,8H,6H2;1H3,(H,3,4);1H3;;1H3;;;/q;;;;;;-1;;2*+1;-1/i;;;;;1D;;;;;. The van der Waals surface area contributed by atoms with Gasteiger partial charge in [0, 0.05) is 12.3 Å². The summed E-state index contributed by atoms with van der Waals surface area (Å²) in [5.74, 6) is -0.833. The maximum absolute atomic E-state index is 9.96. The third kappa shape index (κ3) is 32.0. The minimum absolute atomic E-state index is 0. The SMILES string of the molecule is CC(=O)O.CC1(C)OB(c2ccc(CBr)cc2)OC1(C)C.CC1(C)OB(c2ccc(COCc3ccccc3)cc2)OC1(C)C.N.OB(O)c1ccc(COCc2ccccc2)cc1.OCc1ccccc1.[2H]CF.[H-].[Na+].[Na+].[O-][I+3]([O-])([O-])[O-]. The number of halogens is 3. The number of ether oxygens (including phenoxy) is 2. The third-order valence-corrected chi connectivity index (χ3v) is 12.9. The molecule has 16 nitrogen and oxygen atoms in total. The van der Waals surface area contributed by atoms with Crippen LogP contribution in [0.5, 0.6) is 0 Å². The van der Waals surface area contributed by atoms with E-state index in [1.807, 2.05) is 91.0 Å². The molecule has 0 saturated carbocycles. The summed E-state index contributed by atoms with van der Waals surface area (Å²) in [6.45, 7) is 20.1. The Morgan fingerprint density at radius 2 is 0.802 bits per heavy atom. The first kappa shape index (κ1) is 78.6. The van der Waals surface area contributed by atoms with Gasteiger partial charge in [-0.1, -0.05) is 180 Å². The molecule has 81 heavy (non-hydrogen) atoms. The zero-order chi connectivity index (χ0) is 59.3. The molecule has 0 amide bonds. The summed E-state index contributed by atoms with van der Waals surface area (Å²) in [5.41, 5.74) is 8.14. The molecule has 0 aliphatic carbocycles. The van der Waals surface area contributed by atoms with Gasteiger partial charge in [-0.05, 0) is 105 Å². The molecule has 2 aliphatic rings. The molecule has 2 saturated heterocycles. The Balaban J connectivity index is -0.000000981. The van der Waals surface area contributed by atoms with E-state index in [2.05, 4.69) is 132 Å². The Labute approximate surface area is 541 Å². The Bertz CT molecular complexity index is 2560. The van der Waals surface area contributed by atoms with E-state index < -0.39 is 40.3 Å². The molecular formula is C57H77B3BrFINNa2O15. The summed E-state index contributed by atoms with van der Waals surface area (Å²) >= 11 is -2.50. The van der Waals surface area contributed by atoms with Crippen molar-refractivity contribution in [2.75, 3.05) is 7.15 Å². The van der Waals surface area contributed by atoms with Crippen molar-refractivity contribution in [3.63, 3.8) is 0 Å². The van der Waals surface area contributed by atoms with E-state index in [1.54, 1.807) is 12.1 Å². The van der Waals surface area contributed by atoms with Crippen molar-refractivity contribution in [2.45, 2.75) is 123 Å². The molecule has 2 aliphatic heterocycles. The van der Waals surface area contributed by atoms with Crippen LogP contribution in [0.15, 0.2) is 164 Å². The molecule has 0 radical (unpaired) electrons. The van der Waals surface area contributed by atoms with Crippen LogP contribution in [0.1, 0.15) is 98.5 Å². The van der Waals surface area contributed by atoms with E-state index in [-0.39, 0.29) is 110 Å². The quantitative estimate of drug-likeness (QED) is 0.0420. The van der Waals surface area contributed by atoms with Gasteiger partial charge >= 0.3 is 80.5 Å². The third-order valence-electron chi connectivity index (χ3n) is 12.2. The topological polar surface area (TPSA) is 281 Å². The van der Waals surface area contributed by atoms with E-state index in [0.717, 1.165) is 45.4 Å². The van der Waals surface area contributed by atoms with Gasteiger partial charge in [0.25, 0.3) is 5.97 Å². The predicted octanol–water partition coefficient (Wildman–Crippen LogP) is -3.95. The van der Waals surface area contributed by atoms with E-state index >= 15 is 0 Å². The summed E-state index contributed by atoms with van der Waals surface area (Å²) < 4.78 is 85.5. The van der Waals surface area contributed by atoms with Crippen LogP contribution in [0.3, 0.4) is 0 Å². The number of aliphatic carboxylic acids is 1. The smallest absolute Gasteiger partial charge is 1.00 e. The number of benzene rings is 6. The van der Waals surface area contributed by atoms with Gasteiger partial charge in [0.2, 0.25) is 0 Å². The molecule has 0 aromatic heterocycles. The summed E-state index contributed by atoms with van der Waals surface area (Å²) in [6, 6.07) is 53.3. The molecule has 0 bridgehead atoms. The molecule has 0 spiro atoms. The van der Waals surface area contributed by atoms with Gasteiger partial charge in [0.1, 0.15) is 20.1 Å². The van der Waals surface area contributed by atoms with Crippen molar-refractivity contribution in [2.24, 2.45) is 0 Å². The molecule has 7 N–H and O–H groups in total. The molecule has 432 valence electrons. The van der Waals surface area contributed by atoms with Crippen molar-refractivity contribution in [3.05, 3.63) is 197 Å². The fraction of sp³-hybridized carbons (Fsp3) is 0.351. The first-order chi connectivity index (χ1) is 37.1. The van der Waals surface area contributed by atoms with E-state index in [9.17, 15) is 4.39 Å². The van der Waals surface area contributed by atoms with Gasteiger partial charge in [-0.2, -0.15) is 0 Å². The number of hydrogen-bond donors (Lipinski definition) is 5. The molecule has 6 aromatic rings. The Morgan fingerprint density at radius 3 is 1.04 bits per heavy atom. The average Bonchev–Trinajstić information content (AvgIpc) is 2.85. The van der Waals surface area contributed by atoms with Crippen molar-refractivity contribution >= 4 is 59.6 Å². The molecule has 0 unspecified atom stereocenters. The average molecular weight is 1320 g/mol. The minimum Gasteiger partial charge on any atom is -1.00 e. The largest absolute Gasteiger partial charge is 1.00 e. The zero-order valence-corrected chi connectivity index (χ0v) is 56.1. The van der Waals surface area contributed by atoms with Crippen LogP contribution in [0.4, 0.5) is 4.39 Å². The first-order valence-electron chi connectivity index (χ1n) is 25.2. The van der Waals surface area contributed by atoms with Gasteiger partial charge in [-0.3, -0.25) is 22.9 Å². The second kappa shape index (κ2) is 40.8. The molecule has 8 rings (SSSR count). The van der Waals surface area contributed by atoms with E-state index in [4.69, 9.17) is 68.3 Å². The second-order valence-corrected chi connectivity index (χ2v) is 22.1. The summed E-state index contributed by atoms with van der Waals surface area (Å²) in [4.78, 5) is 9.00. The number of carboxylic acid groups (broad SMARTS) is 1. The van der Waals surface area contributed by atoms with Crippen LogP contribution in [0.25, 0.3) is 0 Å². The number of carbonyl (C=O) groups is 1. The Kier molecular flexibility index (Phi) is 39.6. The molecule has 24 heteroatoms. The van der Waals surface area contributed by atoms with Gasteiger partial charge in [-0.25, -0.2) is 0 Å². The molecular weight excluding hydrogens is 1240 g/mol. The second-order valence-electron chi connectivity index (χ2n) is 19.4. The van der Waals surface area contributed by atoms with Gasteiger partial charge in [0.15, 0.2) is 0 Å². The maximum atomic E-state index is 9.96. The number of aliphatic hydroxyl groups excluding tert-OH is 1. The number of rotatable bonds is 13. The van der Waals surface area contributed by atoms with E-state index in [0.29, 0.717) is 31.9 Å². The van der Waals surface area contributed by atoms with Crippen LogP contribution in [-0.4, -0.2) is 77.1 Å². The van der Waals surface area contributed by atoms with Gasteiger partial charge < -0.3 is 55.9 Å². The van der Waals surface area contributed by atoms with Gasteiger partial charge in [0.05, 0.1) is 64.0 Å². The number of alkyl halides is 2. The number of aliphatic hydroxyl groups is 1. The van der Waals surface area contributed by atoms with Crippen molar-refractivity contribution in [1.82, 2.24) is 6.15 Å². The van der Waals surface area contributed by atoms with Crippen LogP contribution < -0.4 is 115 Å². The zero-order valence-electron chi connectivity index (χ0n) is 50.4. The van der Waals surface area contributed by atoms with Crippen LogP contribution in [0, 0.1) is 0 Å². The summed E-state index contributed by atoms with van der Waals surface area (Å²) in [7, 11) is -2.98. The minimum atomic E-state index is -5.94. The Hall–Kier alpha value is -2.44. The first-order valence-corrected chi connectivity index (χ1v) is 29.2. The van der Waals surface area contributed by atoms with E-state index in [1.165, 1.54) is 11.1 Å². The molecule has 2 heterocycles. The van der Waals surface area contributed by atoms with Crippen molar-refractivity contribution < 1.29 is 153 Å². The molecule has 6 aromatic carbocycles. The van der Waals surface area contributed by atoms with Crippen LogP contribution in [0.2, 0.25) is 0 Å². The monoisotopic (exact) mass is 1320 g/mol. The predicted molar refractivity (Wildman–Crippen MR) is 302 cm³/mol. The summed E-state index contributed by atoms with van der Waals surface area (Å²) in [5, 5.41) is 34.8. The number of carboxylic acids is 1. The number of hydrogen-bond acceptors (Lipinski definition) is 15. The molecule has 0 atom stereocenters. The molecule has 2 fully saturated rings. The normalized spacial score (nSPS) is 14.6. The fourth-order valence-corrected chi connectivity index (χ4v) is 6.96. The fourth-order valence-electron chi connectivity index (χ4n) is 6.58. The van der Waals surface area contributed by atoms with Gasteiger partial charge in [-0.15, -0.1) is 0 Å². The maximum Gasteiger partial charge on any atom is 1.00 e.